The first-order valence-corrected chi connectivity index (χ1v) is 8.48. The van der Waals surface area contributed by atoms with Gasteiger partial charge in [0.05, 0.1) is 5.56 Å². The van der Waals surface area contributed by atoms with Crippen molar-refractivity contribution in [3.63, 3.8) is 0 Å². The molecule has 0 saturated heterocycles. The molecule has 3 aromatic rings. The van der Waals surface area contributed by atoms with Crippen molar-refractivity contribution in [3.05, 3.63) is 76.9 Å². The molecule has 0 radical (unpaired) electrons. The summed E-state index contributed by atoms with van der Waals surface area (Å²) in [5.41, 5.74) is 2.69. The number of phenolic OH excluding ortho intramolecular Hbond substituents is 4. The lowest BCUT2D eigenvalue weighted by Gasteiger charge is -2.08. The van der Waals surface area contributed by atoms with Gasteiger partial charge in [-0.15, -0.1) is 0 Å². The van der Waals surface area contributed by atoms with Crippen molar-refractivity contribution in [3.8, 4) is 23.0 Å². The number of benzene rings is 3. The molecule has 6 heteroatoms. The summed E-state index contributed by atoms with van der Waals surface area (Å²) in [6.07, 6.45) is 2.87. The minimum Gasteiger partial charge on any atom is -0.504 e. The Morgan fingerprint density at radius 2 is 1.50 bits per heavy atom. The second-order valence-corrected chi connectivity index (χ2v) is 6.30. The molecule has 28 heavy (non-hydrogen) atoms. The highest BCUT2D eigenvalue weighted by Crippen LogP contribution is 2.42. The van der Waals surface area contributed by atoms with Crippen LogP contribution in [0.15, 0.2) is 54.6 Å². The van der Waals surface area contributed by atoms with Gasteiger partial charge in [0.2, 0.25) is 0 Å². The van der Waals surface area contributed by atoms with Crippen LogP contribution in [0.5, 0.6) is 23.0 Å². The summed E-state index contributed by atoms with van der Waals surface area (Å²) in [4.78, 5) is 12.4. The molecule has 0 aliphatic heterocycles. The van der Waals surface area contributed by atoms with E-state index in [0.29, 0.717) is 16.8 Å². The third-order valence-corrected chi connectivity index (χ3v) is 4.17. The standard InChI is InChI=1S/C22H19NO5/c1-13-5-8-16(9-6-13)23-22(28)15-4-2-3-14(11-15)7-10-17-20(26)18(24)12-19(25)21(17)27/h2-12,24-27H,1H3,(H,23,28). The molecule has 1 amide bonds. The van der Waals surface area contributed by atoms with Crippen LogP contribution in [0.1, 0.15) is 27.0 Å². The molecule has 0 atom stereocenters. The van der Waals surface area contributed by atoms with Gasteiger partial charge in [0.15, 0.2) is 23.0 Å². The molecule has 0 bridgehead atoms. The fourth-order valence-corrected chi connectivity index (χ4v) is 2.62. The summed E-state index contributed by atoms with van der Waals surface area (Å²) >= 11 is 0. The fourth-order valence-electron chi connectivity index (χ4n) is 2.62. The monoisotopic (exact) mass is 377 g/mol. The number of aromatic hydroxyl groups is 4. The lowest BCUT2D eigenvalue weighted by atomic mass is 10.1. The molecule has 5 N–H and O–H groups in total. The van der Waals surface area contributed by atoms with Crippen LogP contribution in [-0.4, -0.2) is 26.3 Å². The first kappa shape index (κ1) is 18.8. The van der Waals surface area contributed by atoms with E-state index < -0.39 is 23.0 Å². The van der Waals surface area contributed by atoms with Crippen molar-refractivity contribution >= 4 is 23.7 Å². The van der Waals surface area contributed by atoms with E-state index in [0.717, 1.165) is 11.6 Å². The Bertz CT molecular complexity index is 1030. The number of phenols is 4. The summed E-state index contributed by atoms with van der Waals surface area (Å²) in [5.74, 6) is -2.50. The van der Waals surface area contributed by atoms with Crippen LogP contribution in [-0.2, 0) is 0 Å². The Morgan fingerprint density at radius 1 is 0.857 bits per heavy atom. The highest BCUT2D eigenvalue weighted by molar-refractivity contribution is 6.04. The lowest BCUT2D eigenvalue weighted by molar-refractivity contribution is 0.102. The SMILES string of the molecule is Cc1ccc(NC(=O)c2cccc(C=Cc3c(O)c(O)cc(O)c3O)c2)cc1. The molecular formula is C22H19NO5. The third-order valence-electron chi connectivity index (χ3n) is 4.17. The molecule has 3 rings (SSSR count). The third kappa shape index (κ3) is 4.07. The Balaban J connectivity index is 1.83. The maximum atomic E-state index is 12.4. The number of carbonyl (C=O) groups is 1. The molecule has 0 spiro atoms. The van der Waals surface area contributed by atoms with Gasteiger partial charge in [-0.1, -0.05) is 35.9 Å². The van der Waals surface area contributed by atoms with E-state index in [1.807, 2.05) is 31.2 Å². The normalized spacial score (nSPS) is 10.9. The molecule has 3 aromatic carbocycles. The number of nitrogens with one attached hydrogen (secondary N) is 1. The summed E-state index contributed by atoms with van der Waals surface area (Å²) in [7, 11) is 0. The van der Waals surface area contributed by atoms with E-state index >= 15 is 0 Å². The molecule has 0 aliphatic carbocycles. The molecule has 0 fully saturated rings. The minimum absolute atomic E-state index is 0.132. The Kier molecular flexibility index (Phi) is 5.22. The minimum atomic E-state index is -0.556. The average molecular weight is 377 g/mol. The van der Waals surface area contributed by atoms with Crippen LogP contribution in [0.4, 0.5) is 5.69 Å². The highest BCUT2D eigenvalue weighted by atomic mass is 16.3. The first-order valence-electron chi connectivity index (χ1n) is 8.48. The number of anilines is 1. The van der Waals surface area contributed by atoms with Crippen LogP contribution in [0.3, 0.4) is 0 Å². The van der Waals surface area contributed by atoms with Crippen molar-refractivity contribution in [2.24, 2.45) is 0 Å². The van der Waals surface area contributed by atoms with Crippen LogP contribution < -0.4 is 5.32 Å². The number of rotatable bonds is 4. The molecule has 0 aliphatic rings. The van der Waals surface area contributed by atoms with Crippen LogP contribution in [0, 0.1) is 6.92 Å². The van der Waals surface area contributed by atoms with E-state index in [1.165, 1.54) is 12.2 Å². The van der Waals surface area contributed by atoms with E-state index in [9.17, 15) is 25.2 Å². The predicted octanol–water partition coefficient (Wildman–Crippen LogP) is 4.24. The maximum Gasteiger partial charge on any atom is 0.255 e. The van der Waals surface area contributed by atoms with Gasteiger partial charge in [0, 0.05) is 17.3 Å². The van der Waals surface area contributed by atoms with Crippen molar-refractivity contribution < 1.29 is 25.2 Å². The van der Waals surface area contributed by atoms with Crippen LogP contribution in [0.25, 0.3) is 12.2 Å². The Labute approximate surface area is 161 Å². The average Bonchev–Trinajstić information content (AvgIpc) is 2.68. The number of carbonyl (C=O) groups excluding carboxylic acids is 1. The van der Waals surface area contributed by atoms with Crippen LogP contribution >= 0.6 is 0 Å². The van der Waals surface area contributed by atoms with Gasteiger partial charge in [0.25, 0.3) is 5.91 Å². The summed E-state index contributed by atoms with van der Waals surface area (Å²) < 4.78 is 0. The Morgan fingerprint density at radius 3 is 2.14 bits per heavy atom. The molecule has 0 unspecified atom stereocenters. The van der Waals surface area contributed by atoms with Gasteiger partial charge in [-0.05, 0) is 42.8 Å². The molecule has 142 valence electrons. The van der Waals surface area contributed by atoms with Crippen molar-refractivity contribution in [1.82, 2.24) is 0 Å². The van der Waals surface area contributed by atoms with Gasteiger partial charge in [-0.3, -0.25) is 4.79 Å². The van der Waals surface area contributed by atoms with E-state index in [4.69, 9.17) is 0 Å². The fraction of sp³-hybridized carbons (Fsp3) is 0.0455. The van der Waals surface area contributed by atoms with Crippen molar-refractivity contribution in [2.45, 2.75) is 6.92 Å². The largest absolute Gasteiger partial charge is 0.504 e. The van der Waals surface area contributed by atoms with Gasteiger partial charge in [-0.25, -0.2) is 0 Å². The van der Waals surface area contributed by atoms with E-state index in [2.05, 4.69) is 5.32 Å². The van der Waals surface area contributed by atoms with E-state index in [1.54, 1.807) is 24.3 Å². The molecular weight excluding hydrogens is 358 g/mol. The highest BCUT2D eigenvalue weighted by Gasteiger charge is 2.14. The van der Waals surface area contributed by atoms with Gasteiger partial charge in [-0.2, -0.15) is 0 Å². The van der Waals surface area contributed by atoms with Gasteiger partial charge in [0.1, 0.15) is 0 Å². The predicted molar refractivity (Wildman–Crippen MR) is 108 cm³/mol. The topological polar surface area (TPSA) is 110 Å². The summed E-state index contributed by atoms with van der Waals surface area (Å²) in [5, 5.41) is 41.7. The quantitative estimate of drug-likeness (QED) is 0.265. The zero-order valence-electron chi connectivity index (χ0n) is 15.0. The molecule has 0 saturated carbocycles. The zero-order chi connectivity index (χ0) is 20.3. The van der Waals surface area contributed by atoms with Crippen molar-refractivity contribution in [1.29, 1.82) is 0 Å². The molecule has 0 heterocycles. The van der Waals surface area contributed by atoms with Crippen LogP contribution in [0.2, 0.25) is 0 Å². The second kappa shape index (κ2) is 7.75. The van der Waals surface area contributed by atoms with E-state index in [-0.39, 0.29) is 11.5 Å². The smallest absolute Gasteiger partial charge is 0.255 e. The Hall–Kier alpha value is -3.93. The van der Waals surface area contributed by atoms with Gasteiger partial charge >= 0.3 is 0 Å². The number of amides is 1. The number of hydrogen-bond acceptors (Lipinski definition) is 5. The molecule has 0 aromatic heterocycles. The van der Waals surface area contributed by atoms with Gasteiger partial charge < -0.3 is 25.7 Å². The second-order valence-electron chi connectivity index (χ2n) is 6.30. The van der Waals surface area contributed by atoms with Crippen molar-refractivity contribution in [2.75, 3.05) is 5.32 Å². The first-order chi connectivity index (χ1) is 13.3. The maximum absolute atomic E-state index is 12.4. The summed E-state index contributed by atoms with van der Waals surface area (Å²) in [6.45, 7) is 1.96. The lowest BCUT2D eigenvalue weighted by Crippen LogP contribution is -2.11. The molecule has 6 nitrogen and oxygen atoms in total. The summed E-state index contributed by atoms with van der Waals surface area (Å²) in [6, 6.07) is 15.0. The zero-order valence-corrected chi connectivity index (χ0v) is 15.0. The number of aryl methyl sites for hydroxylation is 1. The number of hydrogen-bond donors (Lipinski definition) is 5.